The summed E-state index contributed by atoms with van der Waals surface area (Å²) >= 11 is 1.20. The summed E-state index contributed by atoms with van der Waals surface area (Å²) in [5.74, 6) is 0.642. The SMILES string of the molecule is CCCCCCOc1nsnc1C1=CCC[N+](C)([C@H](C)OC(=O)N2CCN(C)CC2)C1. The van der Waals surface area contributed by atoms with Gasteiger partial charge in [0.25, 0.3) is 5.88 Å². The van der Waals surface area contributed by atoms with Crippen LogP contribution >= 0.6 is 11.7 Å². The van der Waals surface area contributed by atoms with Crippen LogP contribution in [0.25, 0.3) is 5.57 Å². The molecular weight excluding hydrogens is 414 g/mol. The number of carbonyl (C=O) groups is 1. The first-order valence-electron chi connectivity index (χ1n) is 11.6. The van der Waals surface area contributed by atoms with Crippen LogP contribution in [0.2, 0.25) is 0 Å². The Morgan fingerprint density at radius 1 is 1.23 bits per heavy atom. The third-order valence-electron chi connectivity index (χ3n) is 6.47. The molecule has 9 heteroatoms. The van der Waals surface area contributed by atoms with Gasteiger partial charge in [0, 0.05) is 45.1 Å². The zero-order chi connectivity index (χ0) is 22.3. The number of likely N-dealkylation sites (N-methyl/N-ethyl adjacent to an activating group) is 2. The summed E-state index contributed by atoms with van der Waals surface area (Å²) in [6.45, 7) is 9.78. The first-order valence-corrected chi connectivity index (χ1v) is 12.3. The van der Waals surface area contributed by atoms with Gasteiger partial charge < -0.3 is 19.3 Å². The van der Waals surface area contributed by atoms with E-state index in [2.05, 4.69) is 40.7 Å². The van der Waals surface area contributed by atoms with Gasteiger partial charge in [-0.2, -0.15) is 4.37 Å². The number of carbonyl (C=O) groups excluding carboxylic acids is 1. The lowest BCUT2D eigenvalue weighted by atomic mass is 10.0. The summed E-state index contributed by atoms with van der Waals surface area (Å²) in [6, 6.07) is 0. The molecule has 1 unspecified atom stereocenters. The number of ether oxygens (including phenoxy) is 2. The predicted octanol–water partition coefficient (Wildman–Crippen LogP) is 3.46. The van der Waals surface area contributed by atoms with Crippen LogP contribution in [0, 0.1) is 0 Å². The molecule has 1 amide bonds. The van der Waals surface area contributed by atoms with E-state index < -0.39 is 0 Å². The number of rotatable bonds is 9. The molecule has 0 spiro atoms. The highest BCUT2D eigenvalue weighted by atomic mass is 32.1. The number of hydrogen-bond donors (Lipinski definition) is 0. The lowest BCUT2D eigenvalue weighted by Crippen LogP contribution is -2.57. The summed E-state index contributed by atoms with van der Waals surface area (Å²) in [4.78, 5) is 16.7. The maximum Gasteiger partial charge on any atom is 0.414 e. The summed E-state index contributed by atoms with van der Waals surface area (Å²) < 4.78 is 21.4. The molecule has 2 aliphatic rings. The number of nitrogens with zero attached hydrogens (tertiary/aromatic N) is 5. The first kappa shape index (κ1) is 23.9. The van der Waals surface area contributed by atoms with Crippen molar-refractivity contribution in [3.63, 3.8) is 0 Å². The normalized spacial score (nSPS) is 23.4. The smallest absolute Gasteiger partial charge is 0.414 e. The standard InChI is InChI=1S/C22H38N5O3S/c1-5-6-7-8-16-29-21-20(23-31-24-21)19-10-9-15-27(4,17-19)18(2)30-22(28)26-13-11-25(3)12-14-26/h10,18H,5-9,11-17H2,1-4H3/q+1/t18-,27?/m0/s1. The number of unbranched alkanes of at least 4 members (excludes halogenated alkanes) is 3. The highest BCUT2D eigenvalue weighted by Crippen LogP contribution is 2.31. The van der Waals surface area contributed by atoms with Crippen molar-refractivity contribution in [2.45, 2.75) is 52.2 Å². The van der Waals surface area contributed by atoms with E-state index in [1.165, 1.54) is 31.0 Å². The molecule has 31 heavy (non-hydrogen) atoms. The van der Waals surface area contributed by atoms with Gasteiger partial charge in [0.15, 0.2) is 0 Å². The molecule has 0 radical (unpaired) electrons. The van der Waals surface area contributed by atoms with Crippen LogP contribution < -0.4 is 4.74 Å². The van der Waals surface area contributed by atoms with E-state index in [9.17, 15) is 4.79 Å². The van der Waals surface area contributed by atoms with Crippen molar-refractivity contribution in [3.05, 3.63) is 11.8 Å². The van der Waals surface area contributed by atoms with Gasteiger partial charge in [-0.3, -0.25) is 4.48 Å². The molecule has 1 saturated heterocycles. The van der Waals surface area contributed by atoms with Crippen LogP contribution in [0.15, 0.2) is 6.08 Å². The van der Waals surface area contributed by atoms with Gasteiger partial charge in [0.05, 0.1) is 31.9 Å². The molecule has 0 aromatic carbocycles. The molecule has 8 nitrogen and oxygen atoms in total. The Morgan fingerprint density at radius 2 is 2.00 bits per heavy atom. The van der Waals surface area contributed by atoms with Crippen molar-refractivity contribution in [2.24, 2.45) is 0 Å². The van der Waals surface area contributed by atoms with E-state index in [0.29, 0.717) is 17.0 Å². The molecule has 0 bridgehead atoms. The first-order chi connectivity index (χ1) is 14.9. The molecule has 2 atom stereocenters. The third-order valence-corrected chi connectivity index (χ3v) is 6.98. The van der Waals surface area contributed by atoms with E-state index >= 15 is 0 Å². The monoisotopic (exact) mass is 452 g/mol. The second-order valence-corrected chi connectivity index (χ2v) is 9.51. The average molecular weight is 453 g/mol. The molecule has 1 aromatic heterocycles. The molecule has 1 aromatic rings. The number of aromatic nitrogens is 2. The molecule has 0 N–H and O–H groups in total. The summed E-state index contributed by atoms with van der Waals surface area (Å²) in [7, 11) is 4.23. The summed E-state index contributed by atoms with van der Waals surface area (Å²) in [5.41, 5.74) is 1.98. The van der Waals surface area contributed by atoms with Crippen LogP contribution in [0.5, 0.6) is 5.88 Å². The molecule has 2 aliphatic heterocycles. The molecule has 3 rings (SSSR count). The van der Waals surface area contributed by atoms with Gasteiger partial charge in [-0.15, -0.1) is 4.37 Å². The Morgan fingerprint density at radius 3 is 2.74 bits per heavy atom. The Labute approximate surface area is 190 Å². The van der Waals surface area contributed by atoms with Gasteiger partial charge >= 0.3 is 6.09 Å². The van der Waals surface area contributed by atoms with E-state index in [4.69, 9.17) is 9.47 Å². The Kier molecular flexibility index (Phi) is 8.68. The van der Waals surface area contributed by atoms with Crippen molar-refractivity contribution in [3.8, 4) is 5.88 Å². The van der Waals surface area contributed by atoms with Gasteiger partial charge in [-0.25, -0.2) is 4.79 Å². The molecule has 0 aliphatic carbocycles. The summed E-state index contributed by atoms with van der Waals surface area (Å²) in [6.07, 6.45) is 7.37. The van der Waals surface area contributed by atoms with E-state index in [1.807, 2.05) is 11.8 Å². The molecular formula is C22H38N5O3S+. The van der Waals surface area contributed by atoms with Crippen molar-refractivity contribution < 1.29 is 18.8 Å². The fourth-order valence-corrected chi connectivity index (χ4v) is 4.59. The van der Waals surface area contributed by atoms with E-state index in [0.717, 1.165) is 63.4 Å². The number of quaternary nitrogens is 1. The Hall–Kier alpha value is -1.71. The highest BCUT2D eigenvalue weighted by molar-refractivity contribution is 6.99. The van der Waals surface area contributed by atoms with Crippen LogP contribution in [0.3, 0.4) is 0 Å². The average Bonchev–Trinajstić information content (AvgIpc) is 3.22. The predicted molar refractivity (Wildman–Crippen MR) is 123 cm³/mol. The minimum atomic E-state index is -0.235. The molecule has 174 valence electrons. The zero-order valence-corrected chi connectivity index (χ0v) is 20.3. The second kappa shape index (κ2) is 11.2. The van der Waals surface area contributed by atoms with Crippen LogP contribution in [0.4, 0.5) is 4.79 Å². The molecule has 0 saturated carbocycles. The largest absolute Gasteiger partial charge is 0.475 e. The van der Waals surface area contributed by atoms with Gasteiger partial charge in [-0.05, 0) is 13.5 Å². The van der Waals surface area contributed by atoms with E-state index in [1.54, 1.807) is 0 Å². The fourth-order valence-electron chi connectivity index (χ4n) is 4.05. The number of piperazine rings is 1. The maximum absolute atomic E-state index is 12.7. The van der Waals surface area contributed by atoms with Crippen molar-refractivity contribution >= 4 is 23.4 Å². The second-order valence-electron chi connectivity index (χ2n) is 8.98. The lowest BCUT2D eigenvalue weighted by Gasteiger charge is -2.42. The Bertz CT molecular complexity index is 747. The van der Waals surface area contributed by atoms with Gasteiger partial charge in [0.2, 0.25) is 6.23 Å². The van der Waals surface area contributed by atoms with Crippen LogP contribution in [-0.2, 0) is 4.74 Å². The van der Waals surface area contributed by atoms with Crippen molar-refractivity contribution in [1.82, 2.24) is 18.5 Å². The van der Waals surface area contributed by atoms with Gasteiger partial charge in [0.1, 0.15) is 12.2 Å². The zero-order valence-electron chi connectivity index (χ0n) is 19.5. The van der Waals surface area contributed by atoms with Gasteiger partial charge in [-0.1, -0.05) is 32.3 Å². The lowest BCUT2D eigenvalue weighted by molar-refractivity contribution is -0.944. The number of hydrogen-bond acceptors (Lipinski definition) is 7. The molecule has 3 heterocycles. The van der Waals surface area contributed by atoms with E-state index in [-0.39, 0.29) is 12.3 Å². The highest BCUT2D eigenvalue weighted by Gasteiger charge is 2.37. The fraction of sp³-hybridized carbons (Fsp3) is 0.773. The van der Waals surface area contributed by atoms with Crippen LogP contribution in [-0.4, -0.2) is 95.3 Å². The Balaban J connectivity index is 1.57. The minimum Gasteiger partial charge on any atom is -0.475 e. The minimum absolute atomic E-state index is 0.206. The van der Waals surface area contributed by atoms with Crippen molar-refractivity contribution in [1.29, 1.82) is 0 Å². The number of amides is 1. The van der Waals surface area contributed by atoms with Crippen molar-refractivity contribution in [2.75, 3.05) is 60.0 Å². The quantitative estimate of drug-likeness (QED) is 0.422. The van der Waals surface area contributed by atoms with Crippen LogP contribution in [0.1, 0.15) is 51.6 Å². The molecule has 1 fully saturated rings. The third kappa shape index (κ3) is 6.40. The maximum atomic E-state index is 12.7. The summed E-state index contributed by atoms with van der Waals surface area (Å²) in [5, 5.41) is 0. The topological polar surface area (TPSA) is 67.8 Å².